The molecule has 1 saturated heterocycles. The Morgan fingerprint density at radius 1 is 1.39 bits per heavy atom. The van der Waals surface area contributed by atoms with Gasteiger partial charge in [-0.25, -0.2) is 9.37 Å². The molecule has 0 bridgehead atoms. The van der Waals surface area contributed by atoms with Crippen molar-refractivity contribution in [3.05, 3.63) is 58.5 Å². The van der Waals surface area contributed by atoms with E-state index in [2.05, 4.69) is 4.98 Å². The second-order valence-corrected chi connectivity index (χ2v) is 5.63. The molecule has 1 aromatic heterocycles. The van der Waals surface area contributed by atoms with Gasteiger partial charge >= 0.3 is 0 Å². The summed E-state index contributed by atoms with van der Waals surface area (Å²) in [5, 5.41) is -0.0711. The zero-order chi connectivity index (χ0) is 16.4. The van der Waals surface area contributed by atoms with E-state index in [4.69, 9.17) is 22.1 Å². The van der Waals surface area contributed by atoms with Gasteiger partial charge in [-0.15, -0.1) is 0 Å². The normalized spacial score (nSPS) is 18.0. The second kappa shape index (κ2) is 6.52. The quantitative estimate of drug-likeness (QED) is 0.916. The molecule has 1 atom stereocenters. The predicted octanol–water partition coefficient (Wildman–Crippen LogP) is 2.67. The summed E-state index contributed by atoms with van der Waals surface area (Å²) in [4.78, 5) is 18.4. The molecule has 120 valence electrons. The summed E-state index contributed by atoms with van der Waals surface area (Å²) in [7, 11) is 0. The highest BCUT2D eigenvalue weighted by atomic mass is 35.5. The molecule has 23 heavy (non-hydrogen) atoms. The van der Waals surface area contributed by atoms with Crippen LogP contribution in [-0.4, -0.2) is 35.5 Å². The maximum atomic E-state index is 13.2. The van der Waals surface area contributed by atoms with Crippen molar-refractivity contribution in [3.63, 3.8) is 0 Å². The summed E-state index contributed by atoms with van der Waals surface area (Å²) < 4.78 is 18.9. The number of rotatable bonds is 2. The monoisotopic (exact) mass is 335 g/mol. The minimum atomic E-state index is -0.549. The van der Waals surface area contributed by atoms with Gasteiger partial charge in [0.1, 0.15) is 17.7 Å². The Bertz CT molecular complexity index is 741. The van der Waals surface area contributed by atoms with E-state index in [-0.39, 0.29) is 17.0 Å². The van der Waals surface area contributed by atoms with Crippen molar-refractivity contribution in [2.45, 2.75) is 6.10 Å². The number of anilines is 1. The zero-order valence-corrected chi connectivity index (χ0v) is 13.0. The molecular formula is C16H15ClFN3O2. The molecule has 0 aliphatic carbocycles. The number of carbonyl (C=O) groups is 1. The number of nitrogen functional groups attached to an aromatic ring is 1. The minimum absolute atomic E-state index is 0.0711. The first kappa shape index (κ1) is 15.7. The molecule has 3 rings (SSSR count). The molecule has 2 N–H and O–H groups in total. The van der Waals surface area contributed by atoms with Crippen LogP contribution in [0.5, 0.6) is 0 Å². The van der Waals surface area contributed by atoms with Gasteiger partial charge in [0.15, 0.2) is 0 Å². The molecule has 0 unspecified atom stereocenters. The van der Waals surface area contributed by atoms with E-state index in [1.54, 1.807) is 17.0 Å². The number of amides is 1. The van der Waals surface area contributed by atoms with Crippen molar-refractivity contribution in [1.29, 1.82) is 0 Å². The topological polar surface area (TPSA) is 68.5 Å². The van der Waals surface area contributed by atoms with Gasteiger partial charge in [-0.2, -0.15) is 0 Å². The van der Waals surface area contributed by atoms with Crippen molar-refractivity contribution in [2.75, 3.05) is 25.4 Å². The van der Waals surface area contributed by atoms with E-state index in [1.807, 2.05) is 6.07 Å². The number of carbonyl (C=O) groups excluding carboxylic acids is 1. The molecule has 2 aromatic rings. The van der Waals surface area contributed by atoms with Crippen LogP contribution in [0.3, 0.4) is 0 Å². The van der Waals surface area contributed by atoms with Crippen LogP contribution in [0.25, 0.3) is 0 Å². The number of aromatic nitrogens is 1. The fourth-order valence-electron chi connectivity index (χ4n) is 2.47. The minimum Gasteiger partial charge on any atom is -0.384 e. The van der Waals surface area contributed by atoms with Gasteiger partial charge in [0.25, 0.3) is 5.91 Å². The smallest absolute Gasteiger partial charge is 0.254 e. The molecule has 1 aromatic carbocycles. The first-order valence-corrected chi connectivity index (χ1v) is 7.51. The maximum absolute atomic E-state index is 13.2. The lowest BCUT2D eigenvalue weighted by Crippen LogP contribution is -2.42. The summed E-state index contributed by atoms with van der Waals surface area (Å²) in [5.41, 5.74) is 6.71. The van der Waals surface area contributed by atoms with Crippen LogP contribution in [0, 0.1) is 5.82 Å². The molecular weight excluding hydrogens is 321 g/mol. The summed E-state index contributed by atoms with van der Waals surface area (Å²) in [5.74, 6) is -0.365. The predicted molar refractivity (Wildman–Crippen MR) is 84.7 cm³/mol. The van der Waals surface area contributed by atoms with Crippen molar-refractivity contribution >= 4 is 23.3 Å². The molecule has 7 heteroatoms. The lowest BCUT2D eigenvalue weighted by Gasteiger charge is -2.32. The Balaban J connectivity index is 1.77. The van der Waals surface area contributed by atoms with Gasteiger partial charge in [0.05, 0.1) is 23.9 Å². The van der Waals surface area contributed by atoms with Crippen LogP contribution in [-0.2, 0) is 4.74 Å². The molecule has 1 amide bonds. The molecule has 0 saturated carbocycles. The zero-order valence-electron chi connectivity index (χ0n) is 12.2. The van der Waals surface area contributed by atoms with Crippen LogP contribution in [0.1, 0.15) is 22.2 Å². The van der Waals surface area contributed by atoms with Crippen LogP contribution < -0.4 is 5.73 Å². The second-order valence-electron chi connectivity index (χ2n) is 5.23. The fourth-order valence-corrected chi connectivity index (χ4v) is 2.65. The average molecular weight is 336 g/mol. The van der Waals surface area contributed by atoms with Crippen LogP contribution in [0.4, 0.5) is 10.2 Å². The number of hydrogen-bond donors (Lipinski definition) is 1. The van der Waals surface area contributed by atoms with E-state index in [0.29, 0.717) is 36.8 Å². The molecule has 1 aliphatic heterocycles. The van der Waals surface area contributed by atoms with Crippen LogP contribution in [0.2, 0.25) is 5.02 Å². The third kappa shape index (κ3) is 3.43. The van der Waals surface area contributed by atoms with Crippen molar-refractivity contribution < 1.29 is 13.9 Å². The summed E-state index contributed by atoms with van der Waals surface area (Å²) in [6.07, 6.45) is -0.341. The Morgan fingerprint density at radius 3 is 2.96 bits per heavy atom. The molecule has 2 heterocycles. The van der Waals surface area contributed by atoms with E-state index in [9.17, 15) is 9.18 Å². The Labute approximate surface area is 137 Å². The van der Waals surface area contributed by atoms with Gasteiger partial charge in [-0.3, -0.25) is 4.79 Å². The number of nitrogens with two attached hydrogens (primary N) is 1. The van der Waals surface area contributed by atoms with Gasteiger partial charge in [-0.1, -0.05) is 17.7 Å². The van der Waals surface area contributed by atoms with Crippen molar-refractivity contribution in [3.8, 4) is 0 Å². The number of halogens is 2. The highest BCUT2D eigenvalue weighted by Crippen LogP contribution is 2.23. The highest BCUT2D eigenvalue weighted by Gasteiger charge is 2.27. The first-order chi connectivity index (χ1) is 11.0. The van der Waals surface area contributed by atoms with Gasteiger partial charge in [0.2, 0.25) is 0 Å². The molecule has 0 radical (unpaired) electrons. The summed E-state index contributed by atoms with van der Waals surface area (Å²) in [6, 6.07) is 9.24. The third-order valence-electron chi connectivity index (χ3n) is 3.64. The molecule has 1 aliphatic rings. The number of benzene rings is 1. The lowest BCUT2D eigenvalue weighted by atomic mass is 10.1. The Hall–Kier alpha value is -2.18. The lowest BCUT2D eigenvalue weighted by molar-refractivity contribution is -0.0246. The summed E-state index contributed by atoms with van der Waals surface area (Å²) in [6.45, 7) is 1.19. The third-order valence-corrected chi connectivity index (χ3v) is 3.93. The Kier molecular flexibility index (Phi) is 4.45. The standard InChI is InChI=1S/C16H15ClFN3O2/c17-11-8-10(4-5-12(11)18)16(22)21-6-7-23-14(9-21)13-2-1-3-15(19)20-13/h1-5,8,14H,6-7,9H2,(H2,19,20)/t14-/m0/s1. The molecule has 0 spiro atoms. The highest BCUT2D eigenvalue weighted by molar-refractivity contribution is 6.31. The largest absolute Gasteiger partial charge is 0.384 e. The number of nitrogens with zero attached hydrogens (tertiary/aromatic N) is 2. The molecule has 5 nitrogen and oxygen atoms in total. The van der Waals surface area contributed by atoms with Gasteiger partial charge in [0, 0.05) is 12.1 Å². The fraction of sp³-hybridized carbons (Fsp3) is 0.250. The molecule has 1 fully saturated rings. The van der Waals surface area contributed by atoms with Gasteiger partial charge in [-0.05, 0) is 30.3 Å². The van der Waals surface area contributed by atoms with Crippen LogP contribution in [0.15, 0.2) is 36.4 Å². The van der Waals surface area contributed by atoms with E-state index >= 15 is 0 Å². The van der Waals surface area contributed by atoms with E-state index in [0.717, 1.165) is 0 Å². The average Bonchev–Trinajstić information content (AvgIpc) is 2.57. The van der Waals surface area contributed by atoms with Crippen molar-refractivity contribution in [2.24, 2.45) is 0 Å². The summed E-state index contributed by atoms with van der Waals surface area (Å²) >= 11 is 5.74. The van der Waals surface area contributed by atoms with Crippen LogP contribution >= 0.6 is 11.6 Å². The van der Waals surface area contributed by atoms with Crippen molar-refractivity contribution in [1.82, 2.24) is 9.88 Å². The maximum Gasteiger partial charge on any atom is 0.254 e. The number of morpholine rings is 1. The van der Waals surface area contributed by atoms with E-state index < -0.39 is 5.82 Å². The number of pyridine rings is 1. The number of hydrogen-bond acceptors (Lipinski definition) is 4. The number of ether oxygens (including phenoxy) is 1. The van der Waals surface area contributed by atoms with E-state index in [1.165, 1.54) is 18.2 Å². The first-order valence-electron chi connectivity index (χ1n) is 7.13. The SMILES string of the molecule is Nc1cccc([C@@H]2CN(C(=O)c3ccc(F)c(Cl)c3)CCO2)n1. The Morgan fingerprint density at radius 2 is 2.22 bits per heavy atom. The van der Waals surface area contributed by atoms with Gasteiger partial charge < -0.3 is 15.4 Å².